The summed E-state index contributed by atoms with van der Waals surface area (Å²) in [5.74, 6) is -0.891. The van der Waals surface area contributed by atoms with Crippen molar-refractivity contribution >= 4 is 34.4 Å². The minimum absolute atomic E-state index is 0. The first-order valence-corrected chi connectivity index (χ1v) is 6.04. The predicted molar refractivity (Wildman–Crippen MR) is 86.5 cm³/mol. The highest BCUT2D eigenvalue weighted by molar-refractivity contribution is 8.93. The lowest BCUT2D eigenvalue weighted by Crippen LogP contribution is -2.38. The van der Waals surface area contributed by atoms with E-state index in [2.05, 4.69) is 0 Å². The van der Waals surface area contributed by atoms with Crippen LogP contribution in [0.15, 0.2) is 48.8 Å². The Morgan fingerprint density at radius 2 is 1.83 bits per heavy atom. The third-order valence-corrected chi connectivity index (χ3v) is 2.85. The molecule has 0 aliphatic heterocycles. The fraction of sp³-hybridized carbons (Fsp3) is 0.0714. The van der Waals surface area contributed by atoms with Crippen molar-refractivity contribution in [3.63, 3.8) is 0 Å². The normalized spacial score (nSPS) is 9.22. The summed E-state index contributed by atoms with van der Waals surface area (Å²) in [6.45, 7) is -0.0394. The van der Waals surface area contributed by atoms with E-state index in [0.717, 1.165) is 0 Å². The number of hydrogen-bond acceptors (Lipinski definition) is 4. The van der Waals surface area contributed by atoms with Gasteiger partial charge in [-0.3, -0.25) is 19.7 Å². The van der Waals surface area contributed by atoms with Crippen LogP contribution in [0.1, 0.15) is 20.7 Å². The number of non-ortho nitro benzene ring substituents is 1. The number of primary amides is 1. The number of rotatable bonds is 5. The van der Waals surface area contributed by atoms with Gasteiger partial charge in [-0.1, -0.05) is 12.1 Å². The van der Waals surface area contributed by atoms with Gasteiger partial charge in [0.25, 0.3) is 11.6 Å². The van der Waals surface area contributed by atoms with Crippen LogP contribution in [-0.4, -0.2) is 22.1 Å². The monoisotopic (exact) mass is 384 g/mol. The average molecular weight is 385 g/mol. The summed E-state index contributed by atoms with van der Waals surface area (Å²) >= 11 is 0. The minimum atomic E-state index is -0.591. The number of carbonyl (C=O) groups excluding carboxylic acids is 2. The molecule has 8 nitrogen and oxygen atoms in total. The zero-order valence-electron chi connectivity index (χ0n) is 11.8. The number of Topliss-reactive ketones (excluding diaryl/α,β-unsaturated/α-hetero) is 1. The summed E-state index contributed by atoms with van der Waals surface area (Å²) in [4.78, 5) is 33.3. The number of nitrogens with zero attached hydrogens (tertiary/aromatic N) is 2. The van der Waals surface area contributed by atoms with E-state index in [-0.39, 0.29) is 51.6 Å². The number of nitro groups is 1. The van der Waals surface area contributed by atoms with Crippen molar-refractivity contribution in [3.05, 3.63) is 70.0 Å². The van der Waals surface area contributed by atoms with Crippen molar-refractivity contribution in [2.24, 2.45) is 5.73 Å². The van der Waals surface area contributed by atoms with Crippen LogP contribution in [-0.2, 0) is 6.54 Å². The topological polar surface area (TPSA) is 139 Å². The van der Waals surface area contributed by atoms with Crippen LogP contribution in [0, 0.1) is 10.1 Å². The Balaban J connectivity index is 0.00000242. The second-order valence-corrected chi connectivity index (χ2v) is 4.36. The number of halogens is 1. The molecule has 0 radical (unpaired) electrons. The molecule has 0 fully saturated rings. The van der Waals surface area contributed by atoms with E-state index in [1.807, 2.05) is 0 Å². The zero-order chi connectivity index (χ0) is 15.4. The number of amides is 1. The number of pyridine rings is 1. The molecule has 4 N–H and O–H groups in total. The maximum absolute atomic E-state index is 12.1. The zero-order valence-corrected chi connectivity index (χ0v) is 13.6. The Kier molecular flexibility index (Phi) is 7.71. The molecular weight excluding hydrogens is 370 g/mol. The van der Waals surface area contributed by atoms with E-state index in [0.29, 0.717) is 0 Å². The van der Waals surface area contributed by atoms with Crippen molar-refractivity contribution < 1.29 is 24.6 Å². The highest BCUT2D eigenvalue weighted by Crippen LogP contribution is 2.13. The number of benzene rings is 1. The lowest BCUT2D eigenvalue weighted by atomic mass is 10.1. The van der Waals surface area contributed by atoms with Gasteiger partial charge >= 0.3 is 0 Å². The Labute approximate surface area is 141 Å². The maximum Gasteiger partial charge on any atom is 0.270 e. The molecule has 9 heteroatoms. The average Bonchev–Trinajstić information content (AvgIpc) is 2.47. The van der Waals surface area contributed by atoms with Crippen molar-refractivity contribution in [2.75, 3.05) is 0 Å². The van der Waals surface area contributed by atoms with Crippen LogP contribution in [0.4, 0.5) is 5.69 Å². The molecule has 0 spiro atoms. The van der Waals surface area contributed by atoms with Gasteiger partial charge in [-0.05, 0) is 6.07 Å². The molecule has 122 valence electrons. The van der Waals surface area contributed by atoms with Crippen molar-refractivity contribution in [1.82, 2.24) is 0 Å². The summed E-state index contributed by atoms with van der Waals surface area (Å²) < 4.78 is 1.50. The summed E-state index contributed by atoms with van der Waals surface area (Å²) in [5.41, 5.74) is 5.54. The molecule has 2 rings (SSSR count). The molecule has 1 aromatic heterocycles. The molecule has 1 aromatic carbocycles. The van der Waals surface area contributed by atoms with Crippen LogP contribution >= 0.6 is 17.0 Å². The van der Waals surface area contributed by atoms with E-state index in [1.54, 1.807) is 12.3 Å². The van der Waals surface area contributed by atoms with Gasteiger partial charge in [0.2, 0.25) is 12.3 Å². The van der Waals surface area contributed by atoms with E-state index in [4.69, 9.17) is 5.73 Å². The van der Waals surface area contributed by atoms with Gasteiger partial charge < -0.3 is 11.2 Å². The molecule has 0 saturated carbocycles. The van der Waals surface area contributed by atoms with Crippen molar-refractivity contribution in [1.29, 1.82) is 0 Å². The number of carbonyl (C=O) groups is 2. The smallest absolute Gasteiger partial charge is 0.270 e. The van der Waals surface area contributed by atoms with Crippen LogP contribution in [0.25, 0.3) is 0 Å². The van der Waals surface area contributed by atoms with Crippen molar-refractivity contribution in [3.8, 4) is 0 Å². The first-order valence-electron chi connectivity index (χ1n) is 6.04. The van der Waals surface area contributed by atoms with Gasteiger partial charge in [-0.2, -0.15) is 4.57 Å². The summed E-state index contributed by atoms with van der Waals surface area (Å²) in [7, 11) is 0. The van der Waals surface area contributed by atoms with Crippen LogP contribution < -0.4 is 10.3 Å². The summed E-state index contributed by atoms with van der Waals surface area (Å²) in [5, 5.41) is 10.7. The van der Waals surface area contributed by atoms with Crippen molar-refractivity contribution in [2.45, 2.75) is 6.54 Å². The Bertz CT molecular complexity index is 736. The SMILES string of the molecule is Br.NC(=O)c1ccc[n+](CC(=O)c2cccc([N+](=O)[O-])c2)c1.O. The molecule has 0 saturated heterocycles. The van der Waals surface area contributed by atoms with E-state index in [1.165, 1.54) is 41.1 Å². The van der Waals surface area contributed by atoms with Crippen LogP contribution in [0.3, 0.4) is 0 Å². The number of ketones is 1. The van der Waals surface area contributed by atoms with E-state index >= 15 is 0 Å². The van der Waals surface area contributed by atoms with Gasteiger partial charge in [-0.15, -0.1) is 17.0 Å². The summed E-state index contributed by atoms with van der Waals surface area (Å²) in [6.07, 6.45) is 3.07. The molecule has 1 heterocycles. The third kappa shape index (κ3) is 5.24. The molecule has 23 heavy (non-hydrogen) atoms. The molecule has 0 atom stereocenters. The quantitative estimate of drug-likeness (QED) is 0.349. The maximum atomic E-state index is 12.1. The Hall–Kier alpha value is -2.65. The summed E-state index contributed by atoms with van der Waals surface area (Å²) in [6, 6.07) is 8.64. The highest BCUT2D eigenvalue weighted by atomic mass is 79.9. The number of nitrogens with two attached hydrogens (primary N) is 1. The Morgan fingerprint density at radius 1 is 1.17 bits per heavy atom. The largest absolute Gasteiger partial charge is 0.412 e. The van der Waals surface area contributed by atoms with Gasteiger partial charge in [0.05, 0.1) is 4.92 Å². The predicted octanol–water partition coefficient (Wildman–Crippen LogP) is 0.617. The Morgan fingerprint density at radius 3 is 2.43 bits per heavy atom. The molecule has 2 aromatic rings. The molecular formula is C14H15BrN3O5+. The van der Waals surface area contributed by atoms with Gasteiger partial charge in [-0.25, -0.2) is 0 Å². The van der Waals surface area contributed by atoms with Gasteiger partial charge in [0.1, 0.15) is 5.56 Å². The van der Waals surface area contributed by atoms with E-state index in [9.17, 15) is 19.7 Å². The fourth-order valence-corrected chi connectivity index (χ4v) is 1.82. The van der Waals surface area contributed by atoms with Crippen LogP contribution in [0.2, 0.25) is 0 Å². The highest BCUT2D eigenvalue weighted by Gasteiger charge is 2.16. The molecule has 0 unspecified atom stereocenters. The third-order valence-electron chi connectivity index (χ3n) is 2.85. The molecule has 0 aliphatic carbocycles. The van der Waals surface area contributed by atoms with Gasteiger partial charge in [0, 0.05) is 23.8 Å². The van der Waals surface area contributed by atoms with Crippen LogP contribution in [0.5, 0.6) is 0 Å². The lowest BCUT2D eigenvalue weighted by Gasteiger charge is -1.99. The first-order chi connectivity index (χ1) is 9.97. The first kappa shape index (κ1) is 20.3. The second kappa shape index (κ2) is 8.71. The molecule has 1 amide bonds. The molecule has 0 aliphatic rings. The lowest BCUT2D eigenvalue weighted by molar-refractivity contribution is -0.683. The standard InChI is InChI=1S/C14H11N3O4.BrH.H2O/c15-14(19)11-4-2-6-16(8-11)9-13(18)10-3-1-5-12(7-10)17(20)21;;/h1-8H,9H2,(H-,15,19);1H;1H2/p+1. The number of aromatic nitrogens is 1. The number of hydrogen-bond donors (Lipinski definition) is 1. The van der Waals surface area contributed by atoms with Gasteiger partial charge in [0.15, 0.2) is 12.4 Å². The minimum Gasteiger partial charge on any atom is -0.412 e. The second-order valence-electron chi connectivity index (χ2n) is 4.36. The number of nitro benzene ring substituents is 1. The fourth-order valence-electron chi connectivity index (χ4n) is 1.82. The van der Waals surface area contributed by atoms with E-state index < -0.39 is 10.8 Å². The molecule has 0 bridgehead atoms.